The van der Waals surface area contributed by atoms with E-state index in [4.69, 9.17) is 4.74 Å². The second-order valence-electron chi connectivity index (χ2n) is 7.04. The van der Waals surface area contributed by atoms with Crippen LogP contribution in [0.2, 0.25) is 0 Å². The molecule has 0 radical (unpaired) electrons. The Morgan fingerprint density at radius 2 is 2.04 bits per heavy atom. The van der Waals surface area contributed by atoms with E-state index in [0.717, 1.165) is 24.0 Å². The van der Waals surface area contributed by atoms with E-state index >= 15 is 0 Å². The molecule has 142 valence electrons. The van der Waals surface area contributed by atoms with Gasteiger partial charge < -0.3 is 10.1 Å². The molecule has 1 unspecified atom stereocenters. The first kappa shape index (κ1) is 18.3. The molecule has 3 aromatic rings. The van der Waals surface area contributed by atoms with Gasteiger partial charge in [-0.1, -0.05) is 30.3 Å². The molecule has 1 amide bonds. The second kappa shape index (κ2) is 7.90. The fourth-order valence-corrected chi connectivity index (χ4v) is 3.46. The van der Waals surface area contributed by atoms with E-state index in [0.29, 0.717) is 23.5 Å². The van der Waals surface area contributed by atoms with Crippen molar-refractivity contribution in [3.63, 3.8) is 0 Å². The summed E-state index contributed by atoms with van der Waals surface area (Å²) in [5, 5.41) is 3.94. The predicted octanol–water partition coefficient (Wildman–Crippen LogP) is 4.23. The molecule has 1 atom stereocenters. The zero-order valence-electron chi connectivity index (χ0n) is 16.1. The van der Waals surface area contributed by atoms with Gasteiger partial charge in [-0.05, 0) is 55.2 Å². The fourth-order valence-electron chi connectivity index (χ4n) is 3.46. The maximum Gasteiger partial charge on any atom is 0.253 e. The number of fused-ring (bicyclic) bond motifs is 1. The summed E-state index contributed by atoms with van der Waals surface area (Å²) in [7, 11) is 0. The van der Waals surface area contributed by atoms with Crippen LogP contribution in [0.5, 0.6) is 0 Å². The SMILES string of the molecule is Cc1nc2ncccc2cc1C(=O)NC(C)c1ccc(C2=CCOCC2)cc1. The summed E-state index contributed by atoms with van der Waals surface area (Å²) < 4.78 is 5.37. The quantitative estimate of drug-likeness (QED) is 0.743. The Balaban J connectivity index is 1.50. The molecule has 2 aromatic heterocycles. The van der Waals surface area contributed by atoms with Crippen LogP contribution in [0, 0.1) is 6.92 Å². The molecule has 3 heterocycles. The van der Waals surface area contributed by atoms with E-state index in [2.05, 4.69) is 45.6 Å². The van der Waals surface area contributed by atoms with E-state index in [9.17, 15) is 4.79 Å². The molecule has 1 aliphatic heterocycles. The van der Waals surface area contributed by atoms with Crippen LogP contribution in [0.1, 0.15) is 46.6 Å². The highest BCUT2D eigenvalue weighted by Gasteiger charge is 2.16. The van der Waals surface area contributed by atoms with Gasteiger partial charge in [-0.2, -0.15) is 0 Å². The minimum atomic E-state index is -0.125. The van der Waals surface area contributed by atoms with Gasteiger partial charge in [0.15, 0.2) is 5.65 Å². The standard InChI is InChI=1S/C23H23N3O2/c1-15(17-5-7-18(8-6-17)19-9-12-28-13-10-19)26-23(27)21-14-20-4-3-11-24-22(20)25-16(21)2/h3-9,11,14-15H,10,12-13H2,1-2H3,(H,26,27). The van der Waals surface area contributed by atoms with Crippen LogP contribution in [0.4, 0.5) is 0 Å². The molecule has 4 rings (SSSR count). The van der Waals surface area contributed by atoms with E-state index in [1.54, 1.807) is 6.20 Å². The van der Waals surface area contributed by atoms with Crippen LogP contribution in [-0.2, 0) is 4.74 Å². The molecule has 1 aliphatic rings. The molecular formula is C23H23N3O2. The molecule has 5 heteroatoms. The Morgan fingerprint density at radius 1 is 1.21 bits per heavy atom. The number of ether oxygens (including phenoxy) is 1. The lowest BCUT2D eigenvalue weighted by molar-refractivity contribution is 0.0939. The van der Waals surface area contributed by atoms with Crippen LogP contribution in [-0.4, -0.2) is 29.1 Å². The van der Waals surface area contributed by atoms with Crippen molar-refractivity contribution < 1.29 is 9.53 Å². The lowest BCUT2D eigenvalue weighted by Crippen LogP contribution is -2.27. The third-order valence-electron chi connectivity index (χ3n) is 5.12. The molecule has 1 aromatic carbocycles. The molecule has 1 N–H and O–H groups in total. The lowest BCUT2D eigenvalue weighted by atomic mass is 9.98. The normalized spacial score (nSPS) is 15.1. The van der Waals surface area contributed by atoms with Crippen molar-refractivity contribution >= 4 is 22.5 Å². The Morgan fingerprint density at radius 3 is 2.79 bits per heavy atom. The highest BCUT2D eigenvalue weighted by Crippen LogP contribution is 2.23. The van der Waals surface area contributed by atoms with Crippen molar-refractivity contribution in [1.29, 1.82) is 0 Å². The van der Waals surface area contributed by atoms with Gasteiger partial charge in [0.05, 0.1) is 30.5 Å². The average molecular weight is 373 g/mol. The van der Waals surface area contributed by atoms with Crippen molar-refractivity contribution in [3.8, 4) is 0 Å². The maximum absolute atomic E-state index is 12.8. The number of hydrogen-bond donors (Lipinski definition) is 1. The first-order valence-electron chi connectivity index (χ1n) is 9.52. The molecule has 0 bridgehead atoms. The zero-order chi connectivity index (χ0) is 19.5. The Labute approximate surface area is 164 Å². The number of hydrogen-bond acceptors (Lipinski definition) is 4. The summed E-state index contributed by atoms with van der Waals surface area (Å²) in [6, 6.07) is 13.9. The Hall–Kier alpha value is -3.05. The molecule has 5 nitrogen and oxygen atoms in total. The fraction of sp³-hybridized carbons (Fsp3) is 0.261. The van der Waals surface area contributed by atoms with Gasteiger partial charge in [0.25, 0.3) is 5.91 Å². The summed E-state index contributed by atoms with van der Waals surface area (Å²) in [6.07, 6.45) is 4.78. The Bertz CT molecular complexity index is 1040. The largest absolute Gasteiger partial charge is 0.377 e. The highest BCUT2D eigenvalue weighted by molar-refractivity contribution is 5.98. The molecule has 0 fully saturated rings. The first-order chi connectivity index (χ1) is 13.6. The van der Waals surface area contributed by atoms with Crippen LogP contribution < -0.4 is 5.32 Å². The van der Waals surface area contributed by atoms with Gasteiger partial charge in [-0.3, -0.25) is 4.79 Å². The summed E-state index contributed by atoms with van der Waals surface area (Å²) in [5.74, 6) is -0.125. The number of rotatable bonds is 4. The minimum Gasteiger partial charge on any atom is -0.377 e. The highest BCUT2D eigenvalue weighted by atomic mass is 16.5. The van der Waals surface area contributed by atoms with Crippen molar-refractivity contribution in [2.75, 3.05) is 13.2 Å². The van der Waals surface area contributed by atoms with Crippen molar-refractivity contribution in [2.45, 2.75) is 26.3 Å². The number of pyridine rings is 2. The molecule has 0 saturated heterocycles. The van der Waals surface area contributed by atoms with Gasteiger partial charge in [-0.25, -0.2) is 9.97 Å². The van der Waals surface area contributed by atoms with Crippen LogP contribution >= 0.6 is 0 Å². The molecule has 0 saturated carbocycles. The van der Waals surface area contributed by atoms with Crippen molar-refractivity contribution in [2.24, 2.45) is 0 Å². The number of nitrogens with zero attached hydrogens (tertiary/aromatic N) is 2. The minimum absolute atomic E-state index is 0.103. The van der Waals surface area contributed by atoms with Gasteiger partial charge in [0.1, 0.15) is 0 Å². The number of carbonyl (C=O) groups is 1. The number of benzene rings is 1. The van der Waals surface area contributed by atoms with Crippen molar-refractivity contribution in [1.82, 2.24) is 15.3 Å². The first-order valence-corrected chi connectivity index (χ1v) is 9.52. The molecule has 28 heavy (non-hydrogen) atoms. The number of nitrogens with one attached hydrogen (secondary N) is 1. The van der Waals surface area contributed by atoms with E-state index in [1.165, 1.54) is 11.1 Å². The zero-order valence-corrected chi connectivity index (χ0v) is 16.1. The van der Waals surface area contributed by atoms with Gasteiger partial charge in [-0.15, -0.1) is 0 Å². The molecule has 0 spiro atoms. The Kier molecular flexibility index (Phi) is 5.17. The number of aromatic nitrogens is 2. The molecular weight excluding hydrogens is 350 g/mol. The second-order valence-corrected chi connectivity index (χ2v) is 7.04. The van der Waals surface area contributed by atoms with Crippen LogP contribution in [0.25, 0.3) is 16.6 Å². The van der Waals surface area contributed by atoms with Gasteiger partial charge in [0.2, 0.25) is 0 Å². The number of amides is 1. The van der Waals surface area contributed by atoms with Crippen molar-refractivity contribution in [3.05, 3.63) is 77.1 Å². The lowest BCUT2D eigenvalue weighted by Gasteiger charge is -2.17. The third-order valence-corrected chi connectivity index (χ3v) is 5.12. The van der Waals surface area contributed by atoms with Crippen LogP contribution in [0.15, 0.2) is 54.7 Å². The summed E-state index contributed by atoms with van der Waals surface area (Å²) in [5.41, 5.74) is 5.52. The average Bonchev–Trinajstić information content (AvgIpc) is 2.74. The maximum atomic E-state index is 12.8. The summed E-state index contributed by atoms with van der Waals surface area (Å²) in [4.78, 5) is 21.5. The van der Waals surface area contributed by atoms with E-state index in [-0.39, 0.29) is 11.9 Å². The number of aryl methyl sites for hydroxylation is 1. The van der Waals surface area contributed by atoms with E-state index < -0.39 is 0 Å². The van der Waals surface area contributed by atoms with Crippen LogP contribution in [0.3, 0.4) is 0 Å². The summed E-state index contributed by atoms with van der Waals surface area (Å²) >= 11 is 0. The molecule has 0 aliphatic carbocycles. The van der Waals surface area contributed by atoms with Gasteiger partial charge in [0, 0.05) is 11.6 Å². The monoisotopic (exact) mass is 373 g/mol. The van der Waals surface area contributed by atoms with Gasteiger partial charge >= 0.3 is 0 Å². The smallest absolute Gasteiger partial charge is 0.253 e. The topological polar surface area (TPSA) is 64.1 Å². The summed E-state index contributed by atoms with van der Waals surface area (Å²) in [6.45, 7) is 5.28. The van der Waals surface area contributed by atoms with E-state index in [1.807, 2.05) is 32.0 Å². The third kappa shape index (κ3) is 3.80. The number of carbonyl (C=O) groups excluding carboxylic acids is 1. The predicted molar refractivity (Wildman–Crippen MR) is 110 cm³/mol.